The topological polar surface area (TPSA) is 26.7 Å². The summed E-state index contributed by atoms with van der Waals surface area (Å²) in [5.74, 6) is 0. The van der Waals surface area contributed by atoms with Crippen molar-refractivity contribution in [3.8, 4) is 0 Å². The molecule has 2 aromatic carbocycles. The maximum absolute atomic E-state index is 10.6. The van der Waals surface area contributed by atoms with Crippen LogP contribution in [0.4, 0.5) is 0 Å². The molecule has 21 heavy (non-hydrogen) atoms. The Morgan fingerprint density at radius 3 is 2.71 bits per heavy atom. The molecule has 2 aromatic rings. The minimum absolute atomic E-state index is 0.419. The maximum atomic E-state index is 10.6. The molecule has 0 aromatic heterocycles. The number of hydrogen-bond acceptors (Lipinski definition) is 3. The van der Waals surface area contributed by atoms with E-state index in [1.165, 1.54) is 11.8 Å². The number of nitrogens with zero attached hydrogens (tertiary/aromatic N) is 2. The first-order valence-electron chi connectivity index (χ1n) is 7.69. The molecule has 3 nitrogen and oxygen atoms in total. The Hall–Kier alpha value is -1.42. The molecule has 1 heterocycles. The fraction of sp³-hybridized carbons (Fsp3) is 0.444. The largest absolute Gasteiger partial charge is 0.387 e. The van der Waals surface area contributed by atoms with Crippen molar-refractivity contribution in [1.82, 2.24) is 9.80 Å². The van der Waals surface area contributed by atoms with E-state index >= 15 is 0 Å². The van der Waals surface area contributed by atoms with E-state index in [4.69, 9.17) is 0 Å². The normalized spacial score (nSPS) is 21.2. The quantitative estimate of drug-likeness (QED) is 0.934. The molecule has 0 saturated carbocycles. The minimum atomic E-state index is -0.419. The zero-order valence-electron chi connectivity index (χ0n) is 12.9. The third-order valence-electron chi connectivity index (χ3n) is 4.59. The molecule has 3 heteroatoms. The van der Waals surface area contributed by atoms with Crippen LogP contribution in [0, 0.1) is 0 Å². The molecule has 0 spiro atoms. The van der Waals surface area contributed by atoms with Gasteiger partial charge < -0.3 is 10.0 Å². The van der Waals surface area contributed by atoms with Gasteiger partial charge >= 0.3 is 0 Å². The van der Waals surface area contributed by atoms with Crippen LogP contribution < -0.4 is 0 Å². The molecule has 0 radical (unpaired) electrons. The van der Waals surface area contributed by atoms with Gasteiger partial charge in [0, 0.05) is 19.1 Å². The molecular formula is C18H24N2O. The summed E-state index contributed by atoms with van der Waals surface area (Å²) in [6.45, 7) is 2.85. The second-order valence-corrected chi connectivity index (χ2v) is 6.25. The predicted octanol–water partition coefficient (Wildman–Crippen LogP) is 2.51. The molecule has 1 fully saturated rings. The lowest BCUT2D eigenvalue weighted by Gasteiger charge is -2.23. The van der Waals surface area contributed by atoms with Gasteiger partial charge in [-0.3, -0.25) is 4.90 Å². The Bertz CT molecular complexity index is 606. The van der Waals surface area contributed by atoms with Crippen molar-refractivity contribution >= 4 is 10.8 Å². The fourth-order valence-electron chi connectivity index (χ4n) is 3.28. The number of fused-ring (bicyclic) bond motifs is 1. The van der Waals surface area contributed by atoms with E-state index in [2.05, 4.69) is 42.1 Å². The van der Waals surface area contributed by atoms with Crippen LogP contribution in [0.1, 0.15) is 18.1 Å². The van der Waals surface area contributed by atoms with Crippen molar-refractivity contribution in [2.45, 2.75) is 18.6 Å². The Balaban J connectivity index is 1.74. The highest BCUT2D eigenvalue weighted by Crippen LogP contribution is 2.26. The molecule has 0 bridgehead atoms. The Kier molecular flexibility index (Phi) is 4.24. The zero-order chi connectivity index (χ0) is 14.8. The number of aliphatic hydroxyl groups is 1. The van der Waals surface area contributed by atoms with E-state index in [1.807, 2.05) is 24.3 Å². The van der Waals surface area contributed by atoms with Gasteiger partial charge in [0.15, 0.2) is 0 Å². The molecule has 1 saturated heterocycles. The lowest BCUT2D eigenvalue weighted by atomic mass is 10.0. The Labute approximate surface area is 126 Å². The lowest BCUT2D eigenvalue weighted by molar-refractivity contribution is 0.123. The third kappa shape index (κ3) is 3.10. The van der Waals surface area contributed by atoms with E-state index < -0.39 is 6.10 Å². The molecule has 2 unspecified atom stereocenters. The summed E-state index contributed by atoms with van der Waals surface area (Å²) in [7, 11) is 4.27. The molecular weight excluding hydrogens is 260 g/mol. The number of rotatable bonds is 4. The van der Waals surface area contributed by atoms with Crippen molar-refractivity contribution in [2.24, 2.45) is 0 Å². The van der Waals surface area contributed by atoms with Gasteiger partial charge in [-0.15, -0.1) is 0 Å². The molecule has 2 atom stereocenters. The SMILES string of the molecule is CN(C)C1CCN(CC(O)c2cccc3ccccc23)C1. The van der Waals surface area contributed by atoms with Crippen LogP contribution in [0.2, 0.25) is 0 Å². The smallest absolute Gasteiger partial charge is 0.0922 e. The molecule has 112 valence electrons. The average Bonchev–Trinajstić information content (AvgIpc) is 2.95. The molecule has 0 aliphatic carbocycles. The van der Waals surface area contributed by atoms with Crippen LogP contribution in [0.3, 0.4) is 0 Å². The summed E-state index contributed by atoms with van der Waals surface area (Å²) >= 11 is 0. The van der Waals surface area contributed by atoms with Crippen LogP contribution in [0.25, 0.3) is 10.8 Å². The summed E-state index contributed by atoms with van der Waals surface area (Å²) in [6, 6.07) is 15.1. The van der Waals surface area contributed by atoms with Gasteiger partial charge in [-0.05, 0) is 43.4 Å². The number of aliphatic hydroxyl groups excluding tert-OH is 1. The van der Waals surface area contributed by atoms with Crippen LogP contribution in [-0.4, -0.2) is 54.7 Å². The van der Waals surface area contributed by atoms with Gasteiger partial charge in [0.25, 0.3) is 0 Å². The first-order valence-corrected chi connectivity index (χ1v) is 7.69. The highest BCUT2D eigenvalue weighted by molar-refractivity contribution is 5.85. The third-order valence-corrected chi connectivity index (χ3v) is 4.59. The van der Waals surface area contributed by atoms with Gasteiger partial charge in [-0.25, -0.2) is 0 Å². The first kappa shape index (κ1) is 14.5. The first-order chi connectivity index (χ1) is 10.1. The van der Waals surface area contributed by atoms with Crippen LogP contribution in [0.5, 0.6) is 0 Å². The minimum Gasteiger partial charge on any atom is -0.387 e. The van der Waals surface area contributed by atoms with Gasteiger partial charge in [0.05, 0.1) is 6.10 Å². The summed E-state index contributed by atoms with van der Waals surface area (Å²) in [4.78, 5) is 4.65. The number of hydrogen-bond donors (Lipinski definition) is 1. The fourth-order valence-corrected chi connectivity index (χ4v) is 3.28. The van der Waals surface area contributed by atoms with Crippen molar-refractivity contribution in [1.29, 1.82) is 0 Å². The zero-order valence-corrected chi connectivity index (χ0v) is 12.9. The second kappa shape index (κ2) is 6.14. The Morgan fingerprint density at radius 1 is 1.19 bits per heavy atom. The molecule has 0 amide bonds. The van der Waals surface area contributed by atoms with Gasteiger partial charge in [-0.1, -0.05) is 42.5 Å². The maximum Gasteiger partial charge on any atom is 0.0922 e. The van der Waals surface area contributed by atoms with Crippen molar-refractivity contribution in [3.63, 3.8) is 0 Å². The van der Waals surface area contributed by atoms with Gasteiger partial charge in [0.2, 0.25) is 0 Å². The molecule has 1 aliphatic heterocycles. The van der Waals surface area contributed by atoms with E-state index in [9.17, 15) is 5.11 Å². The average molecular weight is 284 g/mol. The number of likely N-dealkylation sites (N-methyl/N-ethyl adjacent to an activating group) is 1. The van der Waals surface area contributed by atoms with Crippen LogP contribution in [-0.2, 0) is 0 Å². The lowest BCUT2D eigenvalue weighted by Crippen LogP contribution is -2.33. The van der Waals surface area contributed by atoms with E-state index in [-0.39, 0.29) is 0 Å². The van der Waals surface area contributed by atoms with E-state index in [0.29, 0.717) is 6.04 Å². The van der Waals surface area contributed by atoms with E-state index in [1.54, 1.807) is 0 Å². The number of β-amino-alcohol motifs (C(OH)–C–C–N with tert-alkyl or cyclic N) is 1. The summed E-state index contributed by atoms with van der Waals surface area (Å²) < 4.78 is 0. The molecule has 1 N–H and O–H groups in total. The van der Waals surface area contributed by atoms with Gasteiger partial charge in [0.1, 0.15) is 0 Å². The predicted molar refractivity (Wildman–Crippen MR) is 87.4 cm³/mol. The van der Waals surface area contributed by atoms with E-state index in [0.717, 1.165) is 30.6 Å². The van der Waals surface area contributed by atoms with Crippen molar-refractivity contribution < 1.29 is 5.11 Å². The molecule has 3 rings (SSSR count). The Morgan fingerprint density at radius 2 is 1.95 bits per heavy atom. The molecule has 1 aliphatic rings. The van der Waals surface area contributed by atoms with Crippen molar-refractivity contribution in [2.75, 3.05) is 33.7 Å². The second-order valence-electron chi connectivity index (χ2n) is 6.25. The van der Waals surface area contributed by atoms with Crippen molar-refractivity contribution in [3.05, 3.63) is 48.0 Å². The summed E-state index contributed by atoms with van der Waals surface area (Å²) in [5, 5.41) is 13.0. The van der Waals surface area contributed by atoms with Crippen LogP contribution >= 0.6 is 0 Å². The standard InChI is InChI=1S/C18H24N2O/c1-19(2)15-10-11-20(12-15)13-18(21)17-9-5-7-14-6-3-4-8-16(14)17/h3-9,15,18,21H,10-13H2,1-2H3. The highest BCUT2D eigenvalue weighted by atomic mass is 16.3. The highest BCUT2D eigenvalue weighted by Gasteiger charge is 2.26. The number of benzene rings is 2. The van der Waals surface area contributed by atoms with Crippen LogP contribution in [0.15, 0.2) is 42.5 Å². The number of likely N-dealkylation sites (tertiary alicyclic amines) is 1. The summed E-state index contributed by atoms with van der Waals surface area (Å²) in [6.07, 6.45) is 0.770. The monoisotopic (exact) mass is 284 g/mol. The summed E-state index contributed by atoms with van der Waals surface area (Å²) in [5.41, 5.74) is 1.04. The van der Waals surface area contributed by atoms with Gasteiger partial charge in [-0.2, -0.15) is 0 Å².